The van der Waals surface area contributed by atoms with Gasteiger partial charge in [0.15, 0.2) is 4.88 Å². The Hall–Kier alpha value is -0.550. The average Bonchev–Trinajstić information content (AvgIpc) is 2.47. The first kappa shape index (κ1) is 9.02. The Bertz CT molecular complexity index is 455. The van der Waals surface area contributed by atoms with E-state index in [4.69, 9.17) is 12.2 Å². The Balaban J connectivity index is 2.59. The minimum Gasteiger partial charge on any atom is -0.579 e. The quantitative estimate of drug-likeness (QED) is 0.418. The van der Waals surface area contributed by atoms with Crippen LogP contribution in [0.15, 0.2) is 36.4 Å². The van der Waals surface area contributed by atoms with Crippen molar-refractivity contribution in [3.05, 3.63) is 40.2 Å². The van der Waals surface area contributed by atoms with Gasteiger partial charge in [-0.3, -0.25) is 0 Å². The summed E-state index contributed by atoms with van der Waals surface area (Å²) >= 11 is 4.97. The van der Waals surface area contributed by atoms with Gasteiger partial charge in [0.05, 0.1) is 0 Å². The average molecular weight is 226 g/mol. The Kier molecular flexibility index (Phi) is 2.55. The van der Waals surface area contributed by atoms with Gasteiger partial charge in [0.2, 0.25) is 0 Å². The third-order valence-electron chi connectivity index (χ3n) is 1.64. The SMILES string of the molecule is [O-][s+]1sc(=S)cc1-c1ccccc1. The molecule has 0 aliphatic heterocycles. The lowest BCUT2D eigenvalue weighted by molar-refractivity contribution is 0.603. The molecule has 0 saturated carbocycles. The molecule has 1 aromatic heterocycles. The van der Waals surface area contributed by atoms with Crippen molar-refractivity contribution in [2.75, 3.05) is 0 Å². The second kappa shape index (κ2) is 3.67. The molecule has 1 unspecified atom stereocenters. The zero-order valence-corrected chi connectivity index (χ0v) is 9.05. The Morgan fingerprint density at radius 1 is 1.23 bits per heavy atom. The molecule has 1 atom stereocenters. The molecule has 0 fully saturated rings. The van der Waals surface area contributed by atoms with Gasteiger partial charge in [0, 0.05) is 21.4 Å². The van der Waals surface area contributed by atoms with Crippen molar-refractivity contribution >= 4 is 32.3 Å². The van der Waals surface area contributed by atoms with Crippen molar-refractivity contribution in [1.29, 1.82) is 0 Å². The summed E-state index contributed by atoms with van der Waals surface area (Å²) in [6.45, 7) is 0. The maximum atomic E-state index is 11.5. The molecular weight excluding hydrogens is 220 g/mol. The maximum absolute atomic E-state index is 11.5. The summed E-state index contributed by atoms with van der Waals surface area (Å²) in [7, 11) is 0.229. The highest BCUT2D eigenvalue weighted by atomic mass is 32.9. The van der Waals surface area contributed by atoms with Gasteiger partial charge in [-0.25, -0.2) is 0 Å². The molecule has 2 rings (SSSR count). The molecular formula is C9H6OS3. The summed E-state index contributed by atoms with van der Waals surface area (Å²) in [6, 6.07) is 11.5. The Morgan fingerprint density at radius 3 is 2.46 bits per heavy atom. The van der Waals surface area contributed by atoms with Gasteiger partial charge in [-0.1, -0.05) is 30.4 Å². The van der Waals surface area contributed by atoms with Crippen LogP contribution >= 0.6 is 32.3 Å². The largest absolute Gasteiger partial charge is 0.579 e. The summed E-state index contributed by atoms with van der Waals surface area (Å²) in [4.78, 5) is 0.829. The molecule has 0 radical (unpaired) electrons. The van der Waals surface area contributed by atoms with E-state index in [-0.39, 0.29) is 0 Å². The van der Waals surface area contributed by atoms with Crippen LogP contribution in [0, 0.1) is 3.82 Å². The summed E-state index contributed by atoms with van der Waals surface area (Å²) in [5.74, 6) is 0. The van der Waals surface area contributed by atoms with E-state index in [2.05, 4.69) is 0 Å². The predicted molar refractivity (Wildman–Crippen MR) is 59.2 cm³/mol. The number of hydrogen-bond acceptors (Lipinski definition) is 3. The first-order chi connectivity index (χ1) is 6.27. The third kappa shape index (κ3) is 1.86. The monoisotopic (exact) mass is 226 g/mol. The van der Waals surface area contributed by atoms with Crippen LogP contribution in [0.1, 0.15) is 0 Å². The molecule has 0 amide bonds. The fourth-order valence-corrected chi connectivity index (χ4v) is 4.15. The van der Waals surface area contributed by atoms with Crippen LogP contribution in [0.2, 0.25) is 0 Å². The van der Waals surface area contributed by atoms with Gasteiger partial charge in [0.25, 0.3) is 0 Å². The van der Waals surface area contributed by atoms with Crippen LogP contribution in [0.4, 0.5) is 0 Å². The molecule has 13 heavy (non-hydrogen) atoms. The molecule has 4 heteroatoms. The molecule has 0 aliphatic carbocycles. The molecule has 2 aromatic rings. The molecule has 0 saturated heterocycles. The van der Waals surface area contributed by atoms with Gasteiger partial charge >= 0.3 is 0 Å². The maximum Gasteiger partial charge on any atom is 0.194 e. The molecule has 0 bridgehead atoms. The van der Waals surface area contributed by atoms with Crippen molar-refractivity contribution in [3.8, 4) is 10.4 Å². The second-order valence-corrected chi connectivity index (χ2v) is 6.13. The van der Waals surface area contributed by atoms with Crippen LogP contribution in [-0.2, 0) is 0 Å². The molecule has 66 valence electrons. The molecule has 1 aromatic carbocycles. The van der Waals surface area contributed by atoms with E-state index in [9.17, 15) is 4.55 Å². The summed E-state index contributed by atoms with van der Waals surface area (Å²) in [5, 5.41) is 0. The Labute approximate surface area is 87.5 Å². The molecule has 1 heterocycles. The smallest absolute Gasteiger partial charge is 0.194 e. The van der Waals surface area contributed by atoms with Crippen molar-refractivity contribution in [2.24, 2.45) is 0 Å². The minimum absolute atomic E-state index is 0.706. The van der Waals surface area contributed by atoms with E-state index in [0.29, 0.717) is 3.82 Å². The van der Waals surface area contributed by atoms with Gasteiger partial charge < -0.3 is 4.55 Å². The normalized spacial score (nSPS) is 11.6. The summed E-state index contributed by atoms with van der Waals surface area (Å²) in [6.07, 6.45) is 0. The van der Waals surface area contributed by atoms with Crippen molar-refractivity contribution in [1.82, 2.24) is 0 Å². The summed E-state index contributed by atoms with van der Waals surface area (Å²) in [5.41, 5.74) is 0.994. The van der Waals surface area contributed by atoms with Crippen LogP contribution in [0.3, 0.4) is 0 Å². The van der Waals surface area contributed by atoms with Crippen LogP contribution in [0.5, 0.6) is 0 Å². The number of rotatable bonds is 1. The highest BCUT2D eigenvalue weighted by Crippen LogP contribution is 2.36. The molecule has 0 spiro atoms. The molecule has 0 N–H and O–H groups in total. The fourth-order valence-electron chi connectivity index (χ4n) is 1.08. The van der Waals surface area contributed by atoms with Gasteiger partial charge in [-0.15, -0.1) is 0 Å². The van der Waals surface area contributed by atoms with Crippen LogP contribution in [0.25, 0.3) is 10.4 Å². The highest BCUT2D eigenvalue weighted by molar-refractivity contribution is 7.83. The van der Waals surface area contributed by atoms with Crippen LogP contribution in [-0.4, -0.2) is 4.55 Å². The van der Waals surface area contributed by atoms with E-state index < -0.39 is 9.75 Å². The lowest BCUT2D eigenvalue weighted by Gasteiger charge is -1.93. The summed E-state index contributed by atoms with van der Waals surface area (Å²) < 4.78 is 12.2. The van der Waals surface area contributed by atoms with Crippen molar-refractivity contribution < 1.29 is 4.55 Å². The van der Waals surface area contributed by atoms with Crippen LogP contribution < -0.4 is 0 Å². The minimum atomic E-state index is -1.01. The zero-order chi connectivity index (χ0) is 9.26. The van der Waals surface area contributed by atoms with E-state index >= 15 is 0 Å². The van der Waals surface area contributed by atoms with E-state index in [1.54, 1.807) is 0 Å². The van der Waals surface area contributed by atoms with E-state index in [1.807, 2.05) is 36.4 Å². The lowest BCUT2D eigenvalue weighted by atomic mass is 10.2. The second-order valence-electron chi connectivity index (χ2n) is 2.51. The number of benzene rings is 1. The first-order valence-corrected chi connectivity index (χ1v) is 6.58. The Morgan fingerprint density at radius 2 is 1.92 bits per heavy atom. The standard InChI is InChI=1S/C9H6OS3/c10-13-8(6-9(11)12-13)7-4-2-1-3-5-7/h1-6H. The van der Waals surface area contributed by atoms with Crippen molar-refractivity contribution in [3.63, 3.8) is 0 Å². The van der Waals surface area contributed by atoms with E-state index in [1.165, 1.54) is 10.3 Å². The fraction of sp³-hybridized carbons (Fsp3) is 0. The first-order valence-electron chi connectivity index (χ1n) is 3.68. The van der Waals surface area contributed by atoms with Gasteiger partial charge in [-0.05, 0) is 12.1 Å². The third-order valence-corrected chi connectivity index (χ3v) is 5.01. The van der Waals surface area contributed by atoms with Gasteiger partial charge in [-0.2, -0.15) is 0 Å². The van der Waals surface area contributed by atoms with Gasteiger partial charge in [0.1, 0.15) is 14.2 Å². The molecule has 1 nitrogen and oxygen atoms in total. The molecule has 0 aliphatic rings. The number of hydrogen-bond donors (Lipinski definition) is 0. The zero-order valence-electron chi connectivity index (χ0n) is 6.60. The lowest BCUT2D eigenvalue weighted by Crippen LogP contribution is -1.70. The topological polar surface area (TPSA) is 23.1 Å². The van der Waals surface area contributed by atoms with Crippen molar-refractivity contribution in [2.45, 2.75) is 0 Å². The highest BCUT2D eigenvalue weighted by Gasteiger charge is 2.09. The van der Waals surface area contributed by atoms with E-state index in [0.717, 1.165) is 10.4 Å². The predicted octanol–water partition coefficient (Wildman–Crippen LogP) is 3.87.